The Balaban J connectivity index is 5.24. The average Bonchev–Trinajstić information content (AvgIpc) is 1.19. The molecule has 17 nitrogen and oxygen atoms in total. The lowest BCUT2D eigenvalue weighted by Gasteiger charge is -2.21. The Morgan fingerprint density at radius 1 is 0.298 bits per heavy atom. The molecule has 4 unspecified atom stereocenters. The molecule has 19 heteroatoms. The molecule has 0 aliphatic carbocycles. The third kappa shape index (κ3) is 66.0. The minimum Gasteiger partial charge on any atom is -0.462 e. The number of phosphoric ester groups is 2. The van der Waals surface area contributed by atoms with Crippen LogP contribution < -0.4 is 0 Å². The summed E-state index contributed by atoms with van der Waals surface area (Å²) in [5.41, 5.74) is 0. The summed E-state index contributed by atoms with van der Waals surface area (Å²) in [5.74, 6) is 0.957. The number of aliphatic hydroxyl groups excluding tert-OH is 1. The molecule has 0 radical (unpaired) electrons. The quantitative estimate of drug-likeness (QED) is 0.0222. The molecule has 94 heavy (non-hydrogen) atoms. The van der Waals surface area contributed by atoms with Gasteiger partial charge in [0.2, 0.25) is 0 Å². The lowest BCUT2D eigenvalue weighted by Crippen LogP contribution is -2.30. The summed E-state index contributed by atoms with van der Waals surface area (Å²) < 4.78 is 68.5. The van der Waals surface area contributed by atoms with Crippen LogP contribution in [0.5, 0.6) is 0 Å². The minimum absolute atomic E-state index is 0.105. The van der Waals surface area contributed by atoms with Crippen LogP contribution in [0.15, 0.2) is 0 Å². The fourth-order valence-electron chi connectivity index (χ4n) is 11.3. The molecule has 0 aliphatic heterocycles. The molecule has 0 amide bonds. The van der Waals surface area contributed by atoms with Crippen molar-refractivity contribution in [1.82, 2.24) is 0 Å². The van der Waals surface area contributed by atoms with Gasteiger partial charge in [-0.05, 0) is 49.4 Å². The normalized spacial score (nSPS) is 14.7. The number of carbonyl (C=O) groups excluding carboxylic acids is 4. The molecule has 0 spiro atoms. The number of hydrogen-bond acceptors (Lipinski definition) is 15. The van der Waals surface area contributed by atoms with Crippen molar-refractivity contribution < 1.29 is 80.2 Å². The molecular formula is C75H146O17P2. The lowest BCUT2D eigenvalue weighted by atomic mass is 9.99. The smallest absolute Gasteiger partial charge is 0.462 e. The van der Waals surface area contributed by atoms with Crippen LogP contribution in [-0.2, 0) is 65.4 Å². The van der Waals surface area contributed by atoms with Crippen LogP contribution in [0.2, 0.25) is 0 Å². The summed E-state index contributed by atoms with van der Waals surface area (Å²) in [7, 11) is -9.91. The first-order valence-electron chi connectivity index (χ1n) is 38.8. The number of phosphoric acid groups is 2. The number of esters is 4. The van der Waals surface area contributed by atoms with Crippen molar-refractivity contribution in [1.29, 1.82) is 0 Å². The SMILES string of the molecule is CCC(C)CCCCCCCCCCCCC(=O)O[C@H](COC(=O)CCCCCCCCCCCC(C)C)COP(=O)(O)OC[C@@H](O)COP(=O)(O)OC[C@@H](COC(=O)CCCCCCCCC(C)CC)OC(=O)CCCCCCCCCCCCCCCCCC(C)C. The van der Waals surface area contributed by atoms with Gasteiger partial charge in [0.1, 0.15) is 19.3 Å². The van der Waals surface area contributed by atoms with E-state index in [1.165, 1.54) is 173 Å². The topological polar surface area (TPSA) is 237 Å². The zero-order chi connectivity index (χ0) is 69.6. The zero-order valence-electron chi connectivity index (χ0n) is 61.6. The van der Waals surface area contributed by atoms with Gasteiger partial charge in [0.15, 0.2) is 12.2 Å². The van der Waals surface area contributed by atoms with Crippen molar-refractivity contribution in [2.24, 2.45) is 23.7 Å². The van der Waals surface area contributed by atoms with Gasteiger partial charge in [-0.15, -0.1) is 0 Å². The summed E-state index contributed by atoms with van der Waals surface area (Å²) in [5, 5.41) is 10.6. The molecule has 7 atom stereocenters. The van der Waals surface area contributed by atoms with Crippen LogP contribution >= 0.6 is 15.6 Å². The Bertz CT molecular complexity index is 1850. The molecule has 0 aromatic rings. The largest absolute Gasteiger partial charge is 0.472 e. The van der Waals surface area contributed by atoms with Crippen LogP contribution in [0.1, 0.15) is 376 Å². The summed E-state index contributed by atoms with van der Waals surface area (Å²) in [6.07, 6.45) is 48.5. The van der Waals surface area contributed by atoms with Crippen molar-refractivity contribution in [3.8, 4) is 0 Å². The van der Waals surface area contributed by atoms with E-state index in [1.807, 2.05) is 0 Å². The second-order valence-corrected chi connectivity index (χ2v) is 31.4. The second kappa shape index (κ2) is 64.4. The molecule has 0 rings (SSSR count). The fraction of sp³-hybridized carbons (Fsp3) is 0.947. The summed E-state index contributed by atoms with van der Waals surface area (Å²) in [6.45, 7) is 14.2. The molecule has 0 aromatic carbocycles. The number of carbonyl (C=O) groups is 4. The van der Waals surface area contributed by atoms with E-state index in [4.69, 9.17) is 37.0 Å². The van der Waals surface area contributed by atoms with E-state index in [0.29, 0.717) is 25.7 Å². The van der Waals surface area contributed by atoms with Gasteiger partial charge in [-0.2, -0.15) is 0 Å². The Kier molecular flexibility index (Phi) is 63.1. The maximum atomic E-state index is 13.1. The van der Waals surface area contributed by atoms with Crippen LogP contribution in [-0.4, -0.2) is 96.7 Å². The van der Waals surface area contributed by atoms with E-state index >= 15 is 0 Å². The van der Waals surface area contributed by atoms with E-state index in [9.17, 15) is 43.2 Å². The highest BCUT2D eigenvalue weighted by molar-refractivity contribution is 7.47. The molecular weight excluding hydrogens is 1230 g/mol. The average molecular weight is 1380 g/mol. The highest BCUT2D eigenvalue weighted by atomic mass is 31.2. The highest BCUT2D eigenvalue weighted by Gasteiger charge is 2.30. The maximum Gasteiger partial charge on any atom is 0.472 e. The summed E-state index contributed by atoms with van der Waals surface area (Å²) >= 11 is 0. The van der Waals surface area contributed by atoms with E-state index in [0.717, 1.165) is 120 Å². The van der Waals surface area contributed by atoms with E-state index in [2.05, 4.69) is 55.4 Å². The minimum atomic E-state index is -4.96. The van der Waals surface area contributed by atoms with Crippen molar-refractivity contribution in [2.45, 2.75) is 395 Å². The number of ether oxygens (including phenoxy) is 4. The van der Waals surface area contributed by atoms with E-state index < -0.39 is 97.5 Å². The maximum absolute atomic E-state index is 13.1. The van der Waals surface area contributed by atoms with Gasteiger partial charge in [-0.25, -0.2) is 9.13 Å². The standard InChI is InChI=1S/C75H146O17P2/c1-9-67(7)53-45-37-29-23-18-19-25-32-42-50-58-75(80)91-70(61-85-72(77)55-47-39-30-26-20-22-28-36-44-52-66(5)6)63-89-93(81,82)87-59-69(76)60-88-94(83,84)90-64-71(62-86-73(78)56-48-40-34-33-38-46-54-68(8)10-2)92-74(79)57-49-41-31-24-17-15-13-11-12-14-16-21-27-35-43-51-65(3)4/h65-71,76H,9-64H2,1-8H3,(H,81,82)(H,83,84)/t67?,68?,69-,70-,71-/m1/s1. The van der Waals surface area contributed by atoms with Gasteiger partial charge in [-0.3, -0.25) is 37.3 Å². The fourth-order valence-corrected chi connectivity index (χ4v) is 12.9. The van der Waals surface area contributed by atoms with Crippen LogP contribution in [0, 0.1) is 23.7 Å². The van der Waals surface area contributed by atoms with Gasteiger partial charge in [0, 0.05) is 25.7 Å². The molecule has 0 fully saturated rings. The Labute approximate surface area is 575 Å². The number of aliphatic hydroxyl groups is 1. The first-order valence-corrected chi connectivity index (χ1v) is 41.8. The van der Waals surface area contributed by atoms with E-state index in [-0.39, 0.29) is 25.7 Å². The first kappa shape index (κ1) is 92.1. The Morgan fingerprint density at radius 2 is 0.511 bits per heavy atom. The molecule has 0 heterocycles. The zero-order valence-corrected chi connectivity index (χ0v) is 63.4. The number of hydrogen-bond donors (Lipinski definition) is 3. The molecule has 0 bridgehead atoms. The second-order valence-electron chi connectivity index (χ2n) is 28.5. The van der Waals surface area contributed by atoms with Crippen molar-refractivity contribution in [3.05, 3.63) is 0 Å². The predicted molar refractivity (Wildman–Crippen MR) is 381 cm³/mol. The molecule has 3 N–H and O–H groups in total. The molecule has 0 saturated heterocycles. The van der Waals surface area contributed by atoms with Gasteiger partial charge < -0.3 is 33.8 Å². The monoisotopic (exact) mass is 1380 g/mol. The molecule has 0 saturated carbocycles. The third-order valence-electron chi connectivity index (χ3n) is 18.0. The number of rotatable bonds is 72. The predicted octanol–water partition coefficient (Wildman–Crippen LogP) is 21.7. The summed E-state index contributed by atoms with van der Waals surface area (Å²) in [4.78, 5) is 72.8. The molecule has 558 valence electrons. The Hall–Kier alpha value is -1.94. The van der Waals surface area contributed by atoms with Crippen molar-refractivity contribution >= 4 is 39.5 Å². The van der Waals surface area contributed by atoms with Crippen molar-refractivity contribution in [2.75, 3.05) is 39.6 Å². The van der Waals surface area contributed by atoms with Gasteiger partial charge >= 0.3 is 39.5 Å². The molecule has 0 aromatic heterocycles. The Morgan fingerprint density at radius 3 is 0.755 bits per heavy atom. The number of unbranched alkanes of at least 4 members (excludes halogenated alkanes) is 36. The lowest BCUT2D eigenvalue weighted by molar-refractivity contribution is -0.161. The van der Waals surface area contributed by atoms with E-state index in [1.54, 1.807) is 0 Å². The van der Waals surface area contributed by atoms with Gasteiger partial charge in [-0.1, -0.05) is 325 Å². The van der Waals surface area contributed by atoms with Crippen LogP contribution in [0.3, 0.4) is 0 Å². The highest BCUT2D eigenvalue weighted by Crippen LogP contribution is 2.45. The van der Waals surface area contributed by atoms with Gasteiger partial charge in [0.05, 0.1) is 26.4 Å². The van der Waals surface area contributed by atoms with Crippen LogP contribution in [0.4, 0.5) is 0 Å². The molecule has 0 aliphatic rings. The van der Waals surface area contributed by atoms with Gasteiger partial charge in [0.25, 0.3) is 0 Å². The van der Waals surface area contributed by atoms with Crippen LogP contribution in [0.25, 0.3) is 0 Å². The third-order valence-corrected chi connectivity index (χ3v) is 19.9. The van der Waals surface area contributed by atoms with Crippen molar-refractivity contribution in [3.63, 3.8) is 0 Å². The summed E-state index contributed by atoms with van der Waals surface area (Å²) in [6, 6.07) is 0. The first-order chi connectivity index (χ1) is 45.2.